The maximum atomic E-state index is 11.0. The third-order valence-corrected chi connectivity index (χ3v) is 5.76. The summed E-state index contributed by atoms with van der Waals surface area (Å²) in [7, 11) is 0. The first-order chi connectivity index (χ1) is 16.0. The summed E-state index contributed by atoms with van der Waals surface area (Å²) in [6.07, 6.45) is 1.71. The molecule has 0 saturated carbocycles. The van der Waals surface area contributed by atoms with Crippen LogP contribution in [0.1, 0.15) is 30.9 Å². The van der Waals surface area contributed by atoms with Crippen LogP contribution in [0, 0.1) is 5.92 Å². The van der Waals surface area contributed by atoms with Gasteiger partial charge in [0.25, 0.3) is 5.89 Å². The van der Waals surface area contributed by atoms with Crippen molar-refractivity contribution in [3.63, 3.8) is 0 Å². The molecule has 0 unspecified atom stereocenters. The van der Waals surface area contributed by atoms with Gasteiger partial charge in [-0.05, 0) is 23.6 Å². The fourth-order valence-electron chi connectivity index (χ4n) is 3.98. The Labute approximate surface area is 190 Å². The number of hydrogen-bond acceptors (Lipinski definition) is 8. The van der Waals surface area contributed by atoms with Gasteiger partial charge in [0.1, 0.15) is 5.69 Å². The molecule has 1 fully saturated rings. The first kappa shape index (κ1) is 21.0. The Morgan fingerprint density at radius 1 is 1.12 bits per heavy atom. The molecule has 1 aliphatic rings. The summed E-state index contributed by atoms with van der Waals surface area (Å²) in [5.74, 6) is 0.482. The first-order valence-corrected chi connectivity index (χ1v) is 10.8. The molecule has 1 saturated heterocycles. The maximum absolute atomic E-state index is 11.0. The van der Waals surface area contributed by atoms with Crippen LogP contribution in [0.4, 0.5) is 0 Å². The van der Waals surface area contributed by atoms with Crippen molar-refractivity contribution in [3.8, 4) is 34.4 Å². The predicted octanol–water partition coefficient (Wildman–Crippen LogP) is 4.09. The minimum Gasteiger partial charge on any atom is -0.481 e. The number of carboxylic acid groups (broad SMARTS) is 1. The van der Waals surface area contributed by atoms with Crippen LogP contribution in [-0.4, -0.2) is 49.3 Å². The van der Waals surface area contributed by atoms with E-state index < -0.39 is 5.97 Å². The monoisotopic (exact) mass is 445 g/mol. The van der Waals surface area contributed by atoms with E-state index >= 15 is 0 Å². The largest absolute Gasteiger partial charge is 0.481 e. The molecule has 0 aliphatic carbocycles. The van der Waals surface area contributed by atoms with Gasteiger partial charge < -0.3 is 14.2 Å². The normalized spacial score (nSPS) is 14.5. The number of hydrogen-bond donors (Lipinski definition) is 1. The van der Waals surface area contributed by atoms with E-state index in [0.29, 0.717) is 48.5 Å². The van der Waals surface area contributed by atoms with Crippen LogP contribution in [0.15, 0.2) is 57.7 Å². The fraction of sp³-hybridized carbons (Fsp3) is 0.292. The topological polar surface area (TPSA) is 118 Å². The second-order valence-corrected chi connectivity index (χ2v) is 8.49. The molecular formula is C24H23N5O4. The van der Waals surface area contributed by atoms with E-state index in [4.69, 9.17) is 14.2 Å². The van der Waals surface area contributed by atoms with Crippen LogP contribution < -0.4 is 0 Å². The summed E-state index contributed by atoms with van der Waals surface area (Å²) in [5, 5.41) is 17.4. The van der Waals surface area contributed by atoms with E-state index in [9.17, 15) is 4.79 Å². The molecule has 33 heavy (non-hydrogen) atoms. The van der Waals surface area contributed by atoms with E-state index in [1.165, 1.54) is 0 Å². The standard InChI is InChI=1S/C24H23N5O4/c1-14(2)19-20(27-32-21(19)18-5-3-4-10-25-18)23-26-22(28-33-23)16-8-6-15(7-9-16)11-29-12-17(13-29)24(30)31/h3-10,14,17H,11-13H2,1-2H3,(H,30,31). The van der Waals surface area contributed by atoms with Crippen molar-refractivity contribution in [3.05, 3.63) is 59.8 Å². The molecule has 9 heteroatoms. The number of likely N-dealkylation sites (tertiary alicyclic amines) is 1. The number of carbonyl (C=O) groups is 1. The number of aromatic nitrogens is 4. The van der Waals surface area contributed by atoms with Crippen LogP contribution in [0.2, 0.25) is 0 Å². The molecule has 4 heterocycles. The van der Waals surface area contributed by atoms with Gasteiger partial charge in [0.15, 0.2) is 11.5 Å². The lowest BCUT2D eigenvalue weighted by Gasteiger charge is -2.36. The first-order valence-electron chi connectivity index (χ1n) is 10.8. The van der Waals surface area contributed by atoms with Crippen molar-refractivity contribution in [2.45, 2.75) is 26.3 Å². The van der Waals surface area contributed by atoms with E-state index in [1.807, 2.05) is 42.5 Å². The Balaban J connectivity index is 1.35. The van der Waals surface area contributed by atoms with Crippen LogP contribution in [0.25, 0.3) is 34.4 Å². The van der Waals surface area contributed by atoms with Crippen molar-refractivity contribution in [2.75, 3.05) is 13.1 Å². The van der Waals surface area contributed by atoms with E-state index in [-0.39, 0.29) is 11.8 Å². The van der Waals surface area contributed by atoms with Gasteiger partial charge in [0, 0.05) is 37.0 Å². The number of benzene rings is 1. The highest BCUT2D eigenvalue weighted by atomic mass is 16.5. The van der Waals surface area contributed by atoms with Gasteiger partial charge in [0.2, 0.25) is 5.82 Å². The molecule has 1 aromatic carbocycles. The summed E-state index contributed by atoms with van der Waals surface area (Å²) in [6.45, 7) is 5.99. The second-order valence-electron chi connectivity index (χ2n) is 8.49. The molecule has 4 aromatic rings. The number of carboxylic acids is 1. The third kappa shape index (κ3) is 4.14. The predicted molar refractivity (Wildman–Crippen MR) is 119 cm³/mol. The lowest BCUT2D eigenvalue weighted by molar-refractivity contribution is -0.147. The van der Waals surface area contributed by atoms with E-state index in [0.717, 1.165) is 16.7 Å². The maximum Gasteiger partial charge on any atom is 0.309 e. The van der Waals surface area contributed by atoms with Crippen molar-refractivity contribution in [2.24, 2.45) is 5.92 Å². The van der Waals surface area contributed by atoms with Crippen LogP contribution in [0.3, 0.4) is 0 Å². The van der Waals surface area contributed by atoms with Gasteiger partial charge in [-0.1, -0.05) is 54.5 Å². The van der Waals surface area contributed by atoms with Gasteiger partial charge in [-0.25, -0.2) is 0 Å². The molecule has 9 nitrogen and oxygen atoms in total. The summed E-state index contributed by atoms with van der Waals surface area (Å²) in [4.78, 5) is 22.0. The summed E-state index contributed by atoms with van der Waals surface area (Å²) >= 11 is 0. The zero-order valence-electron chi connectivity index (χ0n) is 18.3. The molecule has 0 amide bonds. The number of rotatable bonds is 7. The summed E-state index contributed by atoms with van der Waals surface area (Å²) < 4.78 is 11.2. The Morgan fingerprint density at radius 3 is 2.58 bits per heavy atom. The minimum atomic E-state index is -0.727. The molecule has 3 aromatic heterocycles. The number of aliphatic carboxylic acids is 1. The number of nitrogens with zero attached hydrogens (tertiary/aromatic N) is 5. The van der Waals surface area contributed by atoms with E-state index in [2.05, 4.69) is 39.0 Å². The van der Waals surface area contributed by atoms with Crippen molar-refractivity contribution in [1.82, 2.24) is 25.2 Å². The quantitative estimate of drug-likeness (QED) is 0.448. The SMILES string of the molecule is CC(C)c1c(-c2nc(-c3ccc(CN4CC(C(=O)O)C4)cc3)no2)noc1-c1ccccn1. The highest BCUT2D eigenvalue weighted by Crippen LogP contribution is 2.36. The summed E-state index contributed by atoms with van der Waals surface area (Å²) in [6, 6.07) is 13.5. The van der Waals surface area contributed by atoms with Crippen LogP contribution in [-0.2, 0) is 11.3 Å². The summed E-state index contributed by atoms with van der Waals surface area (Å²) in [5.41, 5.74) is 4.01. The molecule has 0 bridgehead atoms. The molecule has 5 rings (SSSR count). The van der Waals surface area contributed by atoms with Crippen molar-refractivity contribution in [1.29, 1.82) is 0 Å². The van der Waals surface area contributed by atoms with E-state index in [1.54, 1.807) is 6.20 Å². The zero-order chi connectivity index (χ0) is 22.9. The molecule has 0 spiro atoms. The van der Waals surface area contributed by atoms with Crippen molar-refractivity contribution < 1.29 is 18.9 Å². The molecule has 1 aliphatic heterocycles. The smallest absolute Gasteiger partial charge is 0.309 e. The highest BCUT2D eigenvalue weighted by Gasteiger charge is 2.32. The third-order valence-electron chi connectivity index (χ3n) is 5.76. The molecule has 0 atom stereocenters. The van der Waals surface area contributed by atoms with Gasteiger partial charge in [-0.15, -0.1) is 0 Å². The highest BCUT2D eigenvalue weighted by molar-refractivity contribution is 5.71. The van der Waals surface area contributed by atoms with Gasteiger partial charge in [-0.2, -0.15) is 4.98 Å². The van der Waals surface area contributed by atoms with Gasteiger partial charge in [-0.3, -0.25) is 14.7 Å². The zero-order valence-corrected chi connectivity index (χ0v) is 18.3. The van der Waals surface area contributed by atoms with Crippen LogP contribution >= 0.6 is 0 Å². The lowest BCUT2D eigenvalue weighted by Crippen LogP contribution is -2.49. The average Bonchev–Trinajstić information content (AvgIpc) is 3.44. The number of pyridine rings is 1. The molecule has 168 valence electrons. The molecular weight excluding hydrogens is 422 g/mol. The Morgan fingerprint density at radius 2 is 1.91 bits per heavy atom. The van der Waals surface area contributed by atoms with Gasteiger partial charge >= 0.3 is 5.97 Å². The molecule has 1 N–H and O–H groups in total. The Hall–Kier alpha value is -3.85. The molecule has 0 radical (unpaired) electrons. The van der Waals surface area contributed by atoms with Gasteiger partial charge in [0.05, 0.1) is 5.92 Å². The Bertz CT molecular complexity index is 1260. The lowest BCUT2D eigenvalue weighted by atomic mass is 9.99. The van der Waals surface area contributed by atoms with Crippen LogP contribution in [0.5, 0.6) is 0 Å². The minimum absolute atomic E-state index is 0.111. The fourth-order valence-corrected chi connectivity index (χ4v) is 3.98. The second kappa shape index (κ2) is 8.59. The van der Waals surface area contributed by atoms with Crippen molar-refractivity contribution >= 4 is 5.97 Å². The Kier molecular flexibility index (Phi) is 5.47. The average molecular weight is 445 g/mol.